The second-order valence-electron chi connectivity index (χ2n) is 5.69. The Bertz CT molecular complexity index is 1040. The van der Waals surface area contributed by atoms with E-state index in [2.05, 4.69) is 16.4 Å². The van der Waals surface area contributed by atoms with Crippen molar-refractivity contribution in [2.75, 3.05) is 5.32 Å². The Morgan fingerprint density at radius 2 is 2.04 bits per heavy atom. The van der Waals surface area contributed by atoms with Gasteiger partial charge >= 0.3 is 0 Å². The highest BCUT2D eigenvalue weighted by molar-refractivity contribution is 7.17. The third-order valence-electron chi connectivity index (χ3n) is 3.76. The minimum atomic E-state index is -0.0975. The molecule has 2 aromatic carbocycles. The number of thiazole rings is 1. The molecule has 0 atom stereocenters. The quantitative estimate of drug-likeness (QED) is 0.550. The normalized spacial score (nSPS) is 11.1. The molecule has 0 aliphatic heterocycles. The molecule has 134 valence electrons. The van der Waals surface area contributed by atoms with E-state index < -0.39 is 0 Å². The lowest BCUT2D eigenvalue weighted by atomic mass is 10.1. The van der Waals surface area contributed by atoms with E-state index in [1.807, 2.05) is 42.5 Å². The van der Waals surface area contributed by atoms with Crippen LogP contribution in [0.3, 0.4) is 0 Å². The minimum Gasteiger partial charge on any atom is -0.316 e. The molecule has 3 aromatic rings. The molecule has 4 nitrogen and oxygen atoms in total. The summed E-state index contributed by atoms with van der Waals surface area (Å²) >= 11 is 7.31. The van der Waals surface area contributed by atoms with Crippen molar-refractivity contribution in [3.05, 3.63) is 70.2 Å². The number of carbonyl (C=O) groups is 1. The van der Waals surface area contributed by atoms with Crippen LogP contribution in [0.25, 0.3) is 22.9 Å². The van der Waals surface area contributed by atoms with Crippen molar-refractivity contribution in [1.82, 2.24) is 4.98 Å². The monoisotopic (exact) mass is 393 g/mol. The van der Waals surface area contributed by atoms with Crippen molar-refractivity contribution in [2.24, 2.45) is 0 Å². The van der Waals surface area contributed by atoms with Crippen molar-refractivity contribution in [1.29, 1.82) is 5.26 Å². The summed E-state index contributed by atoms with van der Waals surface area (Å²) in [6.07, 6.45) is 2.11. The number of amides is 1. The molecule has 27 heavy (non-hydrogen) atoms. The number of halogens is 1. The first-order valence-corrected chi connectivity index (χ1v) is 9.54. The second-order valence-corrected chi connectivity index (χ2v) is 7.12. The number of benzene rings is 2. The molecule has 0 spiro atoms. The van der Waals surface area contributed by atoms with Gasteiger partial charge in [-0.3, -0.25) is 4.79 Å². The minimum absolute atomic E-state index is 0.0975. The number of nitriles is 1. The van der Waals surface area contributed by atoms with Gasteiger partial charge in [0.25, 0.3) is 0 Å². The lowest BCUT2D eigenvalue weighted by molar-refractivity contribution is -0.115. The van der Waals surface area contributed by atoms with Gasteiger partial charge in [-0.15, -0.1) is 0 Å². The molecule has 3 rings (SSSR count). The predicted octanol–water partition coefficient (Wildman–Crippen LogP) is 5.88. The average molecular weight is 394 g/mol. The topological polar surface area (TPSA) is 65.8 Å². The summed E-state index contributed by atoms with van der Waals surface area (Å²) in [4.78, 5) is 16.6. The summed E-state index contributed by atoms with van der Waals surface area (Å²) in [6, 6.07) is 19.0. The van der Waals surface area contributed by atoms with Gasteiger partial charge in [0.15, 0.2) is 0 Å². The molecular weight excluding hydrogens is 378 g/mol. The van der Waals surface area contributed by atoms with E-state index in [1.165, 1.54) is 11.3 Å². The van der Waals surface area contributed by atoms with Crippen molar-refractivity contribution in [3.8, 4) is 17.3 Å². The fourth-order valence-electron chi connectivity index (χ4n) is 2.43. The van der Waals surface area contributed by atoms with Crippen LogP contribution in [0.1, 0.15) is 23.9 Å². The lowest BCUT2D eigenvalue weighted by Gasteiger charge is -2.03. The van der Waals surface area contributed by atoms with Crippen LogP contribution in [0, 0.1) is 11.3 Å². The Balaban J connectivity index is 2.07. The summed E-state index contributed by atoms with van der Waals surface area (Å²) in [6.45, 7) is 1.79. The molecule has 0 aliphatic carbocycles. The first-order chi connectivity index (χ1) is 13.1. The van der Waals surface area contributed by atoms with Crippen LogP contribution in [0.2, 0.25) is 5.02 Å². The van der Waals surface area contributed by atoms with Gasteiger partial charge in [-0.1, -0.05) is 72.3 Å². The number of carbonyl (C=O) groups excluding carboxylic acids is 1. The number of allylic oxidation sites excluding steroid dienone is 1. The zero-order valence-corrected chi connectivity index (χ0v) is 16.1. The van der Waals surface area contributed by atoms with Crippen LogP contribution in [0.4, 0.5) is 5.00 Å². The molecule has 1 N–H and O–H groups in total. The largest absolute Gasteiger partial charge is 0.316 e. The molecule has 1 amide bonds. The Kier molecular flexibility index (Phi) is 6.02. The number of nitrogens with zero attached hydrogens (tertiary/aromatic N) is 2. The van der Waals surface area contributed by atoms with E-state index in [-0.39, 0.29) is 5.91 Å². The molecule has 0 unspecified atom stereocenters. The summed E-state index contributed by atoms with van der Waals surface area (Å²) in [5.74, 6) is -0.0975. The highest BCUT2D eigenvalue weighted by Gasteiger charge is 2.17. The van der Waals surface area contributed by atoms with Gasteiger partial charge < -0.3 is 5.32 Å². The Morgan fingerprint density at radius 1 is 1.26 bits per heavy atom. The van der Waals surface area contributed by atoms with Gasteiger partial charge in [0, 0.05) is 17.0 Å². The summed E-state index contributed by atoms with van der Waals surface area (Å²) in [5, 5.41) is 14.3. The van der Waals surface area contributed by atoms with E-state index in [0.717, 1.165) is 11.1 Å². The van der Waals surface area contributed by atoms with Gasteiger partial charge in [-0.2, -0.15) is 5.26 Å². The number of anilines is 1. The van der Waals surface area contributed by atoms with Gasteiger partial charge in [0.1, 0.15) is 21.8 Å². The van der Waals surface area contributed by atoms with Crippen molar-refractivity contribution >= 4 is 45.5 Å². The molecule has 0 saturated carbocycles. The molecule has 0 bridgehead atoms. The van der Waals surface area contributed by atoms with E-state index in [9.17, 15) is 10.1 Å². The van der Waals surface area contributed by atoms with Crippen LogP contribution >= 0.6 is 22.9 Å². The SMILES string of the molecule is CCC(=O)Nc1sc(C(C#N)=Cc2cccc(Cl)c2)nc1-c1ccccc1. The average Bonchev–Trinajstić information content (AvgIpc) is 3.10. The van der Waals surface area contributed by atoms with Crippen molar-refractivity contribution in [3.63, 3.8) is 0 Å². The van der Waals surface area contributed by atoms with E-state index in [4.69, 9.17) is 11.6 Å². The number of hydrogen-bond donors (Lipinski definition) is 1. The lowest BCUT2D eigenvalue weighted by Crippen LogP contribution is -2.08. The Hall–Kier alpha value is -2.94. The molecule has 1 aromatic heterocycles. The van der Waals surface area contributed by atoms with Gasteiger partial charge in [0.05, 0.1) is 5.57 Å². The first-order valence-electron chi connectivity index (χ1n) is 8.34. The third-order valence-corrected chi connectivity index (χ3v) is 5.00. The van der Waals surface area contributed by atoms with Gasteiger partial charge in [-0.25, -0.2) is 4.98 Å². The highest BCUT2D eigenvalue weighted by atomic mass is 35.5. The van der Waals surface area contributed by atoms with Crippen molar-refractivity contribution in [2.45, 2.75) is 13.3 Å². The van der Waals surface area contributed by atoms with Crippen LogP contribution in [0.5, 0.6) is 0 Å². The fourth-order valence-corrected chi connectivity index (χ4v) is 3.60. The smallest absolute Gasteiger partial charge is 0.224 e. The molecule has 0 saturated heterocycles. The van der Waals surface area contributed by atoms with Gasteiger partial charge in [0.2, 0.25) is 5.91 Å². The van der Waals surface area contributed by atoms with Crippen LogP contribution in [-0.2, 0) is 4.79 Å². The van der Waals surface area contributed by atoms with Crippen LogP contribution in [0.15, 0.2) is 54.6 Å². The summed E-state index contributed by atoms with van der Waals surface area (Å²) in [5.41, 5.74) is 2.77. The van der Waals surface area contributed by atoms with E-state index >= 15 is 0 Å². The maximum Gasteiger partial charge on any atom is 0.224 e. The highest BCUT2D eigenvalue weighted by Crippen LogP contribution is 2.36. The van der Waals surface area contributed by atoms with E-state index in [0.29, 0.717) is 32.7 Å². The summed E-state index contributed by atoms with van der Waals surface area (Å²) in [7, 11) is 0. The Morgan fingerprint density at radius 3 is 2.70 bits per heavy atom. The first kappa shape index (κ1) is 18.8. The standard InChI is InChI=1S/C21H16ClN3OS/c1-2-18(26)24-21-19(15-8-4-3-5-9-15)25-20(27-21)16(13-23)11-14-7-6-10-17(22)12-14/h3-12H,2H2,1H3,(H,24,26). The number of nitrogens with one attached hydrogen (secondary N) is 1. The van der Waals surface area contributed by atoms with Crippen molar-refractivity contribution < 1.29 is 4.79 Å². The molecule has 6 heteroatoms. The molecular formula is C21H16ClN3OS. The Labute approximate surface area is 166 Å². The maximum absolute atomic E-state index is 11.9. The zero-order chi connectivity index (χ0) is 19.2. The predicted molar refractivity (Wildman–Crippen MR) is 111 cm³/mol. The summed E-state index contributed by atoms with van der Waals surface area (Å²) < 4.78 is 0. The molecule has 0 fully saturated rings. The number of rotatable bonds is 5. The molecule has 1 heterocycles. The van der Waals surface area contributed by atoms with Crippen LogP contribution < -0.4 is 5.32 Å². The number of hydrogen-bond acceptors (Lipinski definition) is 4. The third kappa shape index (κ3) is 4.62. The van der Waals surface area contributed by atoms with Crippen LogP contribution in [-0.4, -0.2) is 10.9 Å². The van der Waals surface area contributed by atoms with E-state index in [1.54, 1.807) is 25.1 Å². The fraction of sp³-hybridized carbons (Fsp3) is 0.0952. The zero-order valence-electron chi connectivity index (χ0n) is 14.6. The molecule has 0 aliphatic rings. The maximum atomic E-state index is 11.9. The number of aromatic nitrogens is 1. The van der Waals surface area contributed by atoms with Gasteiger partial charge in [-0.05, 0) is 23.8 Å². The second kappa shape index (κ2) is 8.63. The molecule has 0 radical (unpaired) electrons.